The van der Waals surface area contributed by atoms with Crippen LogP contribution in [-0.2, 0) is 0 Å². The molecule has 15 heavy (non-hydrogen) atoms. The van der Waals surface area contributed by atoms with E-state index in [4.69, 9.17) is 0 Å². The quantitative estimate of drug-likeness (QED) is 0.735. The van der Waals surface area contributed by atoms with Crippen molar-refractivity contribution < 1.29 is 0 Å². The Hall–Kier alpha value is -1.47. The number of tetrazole rings is 1. The molecule has 7 heteroatoms. The Morgan fingerprint density at radius 3 is 3.00 bits per heavy atom. The Morgan fingerprint density at radius 1 is 1.27 bits per heavy atom. The first-order valence-electron chi connectivity index (χ1n) is 4.19. The number of fused-ring (bicyclic) bond motifs is 1. The number of rotatable bonds is 2. The average Bonchev–Trinajstić information content (AvgIpc) is 2.86. The van der Waals surface area contributed by atoms with Gasteiger partial charge < -0.3 is 0 Å². The van der Waals surface area contributed by atoms with Gasteiger partial charge in [0.15, 0.2) is 4.34 Å². The van der Waals surface area contributed by atoms with Crippen LogP contribution in [0.15, 0.2) is 33.8 Å². The van der Waals surface area contributed by atoms with Gasteiger partial charge in [-0.2, -0.15) is 5.21 Å². The van der Waals surface area contributed by atoms with E-state index in [9.17, 15) is 0 Å². The van der Waals surface area contributed by atoms with Crippen molar-refractivity contribution in [3.05, 3.63) is 24.3 Å². The monoisotopic (exact) mass is 235 g/mol. The largest absolute Gasteiger partial charge is 0.237 e. The van der Waals surface area contributed by atoms with E-state index in [2.05, 4.69) is 25.6 Å². The van der Waals surface area contributed by atoms with Crippen LogP contribution < -0.4 is 0 Å². The molecule has 0 saturated carbocycles. The van der Waals surface area contributed by atoms with Crippen molar-refractivity contribution in [1.82, 2.24) is 25.6 Å². The molecule has 0 spiro atoms. The van der Waals surface area contributed by atoms with Gasteiger partial charge in [-0.3, -0.25) is 0 Å². The highest BCUT2D eigenvalue weighted by Crippen LogP contribution is 2.31. The molecular formula is C8H5N5S2. The van der Waals surface area contributed by atoms with Crippen molar-refractivity contribution in [2.75, 3.05) is 0 Å². The number of benzene rings is 1. The van der Waals surface area contributed by atoms with Gasteiger partial charge in [-0.25, -0.2) is 4.98 Å². The second-order valence-electron chi connectivity index (χ2n) is 2.74. The third-order valence-corrected chi connectivity index (χ3v) is 3.73. The summed E-state index contributed by atoms with van der Waals surface area (Å²) in [4.78, 5) is 4.45. The van der Waals surface area contributed by atoms with Gasteiger partial charge in [0.25, 0.3) is 0 Å². The number of aromatic nitrogens is 5. The van der Waals surface area contributed by atoms with E-state index >= 15 is 0 Å². The minimum Gasteiger partial charge on any atom is -0.229 e. The van der Waals surface area contributed by atoms with Crippen LogP contribution in [-0.4, -0.2) is 25.6 Å². The second kappa shape index (κ2) is 3.59. The Balaban J connectivity index is 1.98. The van der Waals surface area contributed by atoms with E-state index < -0.39 is 0 Å². The van der Waals surface area contributed by atoms with Gasteiger partial charge in [-0.05, 0) is 29.1 Å². The molecule has 0 bridgehead atoms. The van der Waals surface area contributed by atoms with Crippen LogP contribution in [0.3, 0.4) is 0 Å². The number of hydrogen-bond donors (Lipinski definition) is 1. The number of nitrogens with one attached hydrogen (secondary N) is 1. The van der Waals surface area contributed by atoms with E-state index in [1.165, 1.54) is 16.5 Å². The molecule has 2 heterocycles. The zero-order valence-corrected chi connectivity index (χ0v) is 9.05. The van der Waals surface area contributed by atoms with Crippen molar-refractivity contribution in [3.8, 4) is 0 Å². The topological polar surface area (TPSA) is 67.3 Å². The smallest absolute Gasteiger partial charge is 0.229 e. The van der Waals surface area contributed by atoms with Gasteiger partial charge >= 0.3 is 0 Å². The molecule has 0 saturated heterocycles. The first-order chi connectivity index (χ1) is 7.42. The summed E-state index contributed by atoms with van der Waals surface area (Å²) < 4.78 is 2.10. The summed E-state index contributed by atoms with van der Waals surface area (Å²) in [6.07, 6.45) is 0. The van der Waals surface area contributed by atoms with Crippen LogP contribution in [0, 0.1) is 0 Å². The highest BCUT2D eigenvalue weighted by atomic mass is 32.2. The minimum atomic E-state index is 0.592. The molecule has 0 aliphatic rings. The number of H-pyrrole nitrogens is 1. The van der Waals surface area contributed by atoms with Crippen LogP contribution >= 0.6 is 23.1 Å². The Morgan fingerprint density at radius 2 is 2.20 bits per heavy atom. The molecule has 0 amide bonds. The summed E-state index contributed by atoms with van der Waals surface area (Å²) in [6.45, 7) is 0. The average molecular weight is 235 g/mol. The third kappa shape index (κ3) is 1.71. The van der Waals surface area contributed by atoms with Crippen LogP contribution in [0.1, 0.15) is 0 Å². The molecule has 74 valence electrons. The molecule has 0 unspecified atom stereocenters. The molecular weight excluding hydrogens is 230 g/mol. The first kappa shape index (κ1) is 8.81. The number of aromatic amines is 1. The van der Waals surface area contributed by atoms with E-state index in [-0.39, 0.29) is 0 Å². The number of para-hydroxylation sites is 1. The second-order valence-corrected chi connectivity index (χ2v) is 4.99. The van der Waals surface area contributed by atoms with E-state index in [0.29, 0.717) is 5.16 Å². The molecule has 1 N–H and O–H groups in total. The molecule has 0 radical (unpaired) electrons. The maximum Gasteiger partial charge on any atom is 0.237 e. The molecule has 3 aromatic rings. The van der Waals surface area contributed by atoms with Gasteiger partial charge in [-0.15, -0.1) is 21.5 Å². The SMILES string of the molecule is c1ccc2sc(Sc3nn[nH]n3)nc2c1. The van der Waals surface area contributed by atoms with Crippen LogP contribution in [0.4, 0.5) is 0 Å². The lowest BCUT2D eigenvalue weighted by molar-refractivity contribution is 0.881. The molecule has 0 atom stereocenters. The van der Waals surface area contributed by atoms with Crippen LogP contribution in [0.5, 0.6) is 0 Å². The Labute approximate surface area is 92.9 Å². The predicted molar refractivity (Wildman–Crippen MR) is 57.9 cm³/mol. The fraction of sp³-hybridized carbons (Fsp3) is 0. The lowest BCUT2D eigenvalue weighted by Gasteiger charge is -1.84. The van der Waals surface area contributed by atoms with Crippen molar-refractivity contribution in [2.24, 2.45) is 0 Å². The Kier molecular flexibility index (Phi) is 2.11. The standard InChI is InChI=1S/C8H5N5S2/c1-2-4-6-5(3-1)9-8(14-6)15-7-10-12-13-11-7/h1-4H,(H,10,11,12,13). The maximum absolute atomic E-state index is 4.45. The predicted octanol–water partition coefficient (Wildman–Crippen LogP) is 1.96. The number of thiazole rings is 1. The van der Waals surface area contributed by atoms with Crippen molar-refractivity contribution >= 4 is 33.3 Å². The van der Waals surface area contributed by atoms with Gasteiger partial charge in [0.1, 0.15) is 0 Å². The number of nitrogens with zero attached hydrogens (tertiary/aromatic N) is 4. The van der Waals surface area contributed by atoms with Gasteiger partial charge in [0, 0.05) is 0 Å². The third-order valence-electron chi connectivity index (χ3n) is 1.78. The normalized spacial score (nSPS) is 10.9. The van der Waals surface area contributed by atoms with Crippen molar-refractivity contribution in [2.45, 2.75) is 9.50 Å². The molecule has 3 rings (SSSR count). The van der Waals surface area contributed by atoms with E-state index in [1.54, 1.807) is 11.3 Å². The maximum atomic E-state index is 4.45. The fourth-order valence-corrected chi connectivity index (χ4v) is 2.99. The zero-order valence-electron chi connectivity index (χ0n) is 7.41. The summed E-state index contributed by atoms with van der Waals surface area (Å²) in [5.74, 6) is 0. The summed E-state index contributed by atoms with van der Waals surface area (Å²) in [6, 6.07) is 8.02. The van der Waals surface area contributed by atoms with Crippen LogP contribution in [0.2, 0.25) is 0 Å². The van der Waals surface area contributed by atoms with Crippen molar-refractivity contribution in [3.63, 3.8) is 0 Å². The molecule has 5 nitrogen and oxygen atoms in total. The summed E-state index contributed by atoms with van der Waals surface area (Å²) in [5.41, 5.74) is 1.01. The van der Waals surface area contributed by atoms with Gasteiger partial charge in [0.2, 0.25) is 5.16 Å². The molecule has 2 aromatic heterocycles. The fourth-order valence-electron chi connectivity index (χ4n) is 1.17. The van der Waals surface area contributed by atoms with E-state index in [0.717, 1.165) is 9.86 Å². The molecule has 0 aliphatic carbocycles. The first-order valence-corrected chi connectivity index (χ1v) is 5.82. The lowest BCUT2D eigenvalue weighted by atomic mass is 10.3. The zero-order chi connectivity index (χ0) is 10.1. The Bertz CT molecular complexity index is 541. The lowest BCUT2D eigenvalue weighted by Crippen LogP contribution is -1.74. The van der Waals surface area contributed by atoms with Gasteiger partial charge in [0.05, 0.1) is 10.2 Å². The molecule has 0 fully saturated rings. The highest BCUT2D eigenvalue weighted by Gasteiger charge is 2.07. The summed E-state index contributed by atoms with van der Waals surface area (Å²) in [7, 11) is 0. The highest BCUT2D eigenvalue weighted by molar-refractivity contribution is 8.01. The van der Waals surface area contributed by atoms with E-state index in [1.807, 2.05) is 24.3 Å². The molecule has 0 aliphatic heterocycles. The van der Waals surface area contributed by atoms with Crippen molar-refractivity contribution in [1.29, 1.82) is 0 Å². The minimum absolute atomic E-state index is 0.592. The number of hydrogen-bond acceptors (Lipinski definition) is 6. The summed E-state index contributed by atoms with van der Waals surface area (Å²) in [5, 5.41) is 14.2. The van der Waals surface area contributed by atoms with Gasteiger partial charge in [-0.1, -0.05) is 12.1 Å². The molecule has 1 aromatic carbocycles. The summed E-state index contributed by atoms with van der Waals surface area (Å²) >= 11 is 3.04. The van der Waals surface area contributed by atoms with Crippen LogP contribution in [0.25, 0.3) is 10.2 Å².